The van der Waals surface area contributed by atoms with E-state index in [1.54, 1.807) is 19.1 Å². The van der Waals surface area contributed by atoms with Crippen LogP contribution in [0, 0.1) is 11.6 Å². The van der Waals surface area contributed by atoms with Gasteiger partial charge >= 0.3 is 0 Å². The molecule has 0 saturated heterocycles. The van der Waals surface area contributed by atoms with Crippen molar-refractivity contribution < 1.29 is 21.9 Å². The summed E-state index contributed by atoms with van der Waals surface area (Å²) in [6, 6.07) is 4.42. The van der Waals surface area contributed by atoms with Gasteiger partial charge < -0.3 is 4.74 Å². The minimum absolute atomic E-state index is 0.255. The van der Waals surface area contributed by atoms with Crippen molar-refractivity contribution in [3.8, 4) is 5.88 Å². The molecule has 3 aromatic heterocycles. The highest BCUT2D eigenvalue weighted by atomic mass is 32.2. The second-order valence-corrected chi connectivity index (χ2v) is 8.10. The zero-order chi connectivity index (χ0) is 22.3. The molecule has 12 heteroatoms. The first-order chi connectivity index (χ1) is 14.7. The predicted octanol–water partition coefficient (Wildman–Crippen LogP) is 1.71. The van der Waals surface area contributed by atoms with E-state index in [0.29, 0.717) is 35.5 Å². The maximum Gasteiger partial charge on any atom is 0.269 e. The summed E-state index contributed by atoms with van der Waals surface area (Å²) in [6.07, 6.45) is 2.39. The number of ether oxygens (including phenoxy) is 1. The first-order valence-electron chi connectivity index (χ1n) is 8.98. The predicted molar refractivity (Wildman–Crippen MR) is 107 cm³/mol. The summed E-state index contributed by atoms with van der Waals surface area (Å²) in [5, 5.41) is 5.37. The fraction of sp³-hybridized carbons (Fsp3) is 0.158. The molecule has 0 bridgehead atoms. The van der Waals surface area contributed by atoms with Gasteiger partial charge in [-0.15, -0.1) is 0 Å². The average Bonchev–Trinajstić information content (AvgIpc) is 2.71. The largest absolute Gasteiger partial charge is 0.478 e. The molecule has 0 aliphatic rings. The molecule has 0 amide bonds. The molecule has 0 radical (unpaired) electrons. The van der Waals surface area contributed by atoms with Crippen LogP contribution in [0.15, 0.2) is 46.3 Å². The Hall–Kier alpha value is -3.51. The van der Waals surface area contributed by atoms with Gasteiger partial charge in [-0.2, -0.15) is 4.98 Å². The third-order valence-electron chi connectivity index (χ3n) is 4.56. The van der Waals surface area contributed by atoms with Crippen LogP contribution in [0.5, 0.6) is 5.88 Å². The van der Waals surface area contributed by atoms with Gasteiger partial charge in [0.2, 0.25) is 15.9 Å². The highest BCUT2D eigenvalue weighted by molar-refractivity contribution is 7.89. The van der Waals surface area contributed by atoms with Crippen molar-refractivity contribution in [2.75, 3.05) is 6.61 Å². The molecule has 4 rings (SSSR count). The summed E-state index contributed by atoms with van der Waals surface area (Å²) >= 11 is 0. The van der Waals surface area contributed by atoms with Gasteiger partial charge in [-0.1, -0.05) is 0 Å². The van der Waals surface area contributed by atoms with Gasteiger partial charge in [0.25, 0.3) is 5.56 Å². The number of hydrogen-bond donors (Lipinski definition) is 1. The quantitative estimate of drug-likeness (QED) is 0.461. The van der Waals surface area contributed by atoms with E-state index in [1.165, 1.54) is 6.20 Å². The van der Waals surface area contributed by atoms with Gasteiger partial charge in [-0.3, -0.25) is 9.36 Å². The number of rotatable bonds is 5. The lowest BCUT2D eigenvalue weighted by Gasteiger charge is -2.13. The molecule has 0 unspecified atom stereocenters. The van der Waals surface area contributed by atoms with E-state index in [1.807, 2.05) is 0 Å². The molecule has 0 spiro atoms. The van der Waals surface area contributed by atoms with Gasteiger partial charge in [-0.25, -0.2) is 32.3 Å². The number of fused-ring (bicyclic) bond motifs is 3. The zero-order valence-corrected chi connectivity index (χ0v) is 16.9. The fourth-order valence-electron chi connectivity index (χ4n) is 3.16. The van der Waals surface area contributed by atoms with Crippen LogP contribution in [-0.4, -0.2) is 34.5 Å². The number of benzene rings is 1. The van der Waals surface area contributed by atoms with E-state index in [0.717, 1.165) is 10.8 Å². The van der Waals surface area contributed by atoms with Crippen molar-refractivity contribution in [3.63, 3.8) is 0 Å². The smallest absolute Gasteiger partial charge is 0.269 e. The Morgan fingerprint density at radius 2 is 1.84 bits per heavy atom. The maximum absolute atomic E-state index is 14.6. The highest BCUT2D eigenvalue weighted by Crippen LogP contribution is 2.25. The van der Waals surface area contributed by atoms with Crippen molar-refractivity contribution >= 4 is 32.1 Å². The monoisotopic (exact) mass is 447 g/mol. The van der Waals surface area contributed by atoms with Crippen LogP contribution in [0.25, 0.3) is 22.1 Å². The molecule has 0 saturated carbocycles. The van der Waals surface area contributed by atoms with Crippen LogP contribution in [0.2, 0.25) is 0 Å². The highest BCUT2D eigenvalue weighted by Gasteiger charge is 2.19. The lowest BCUT2D eigenvalue weighted by atomic mass is 10.1. The minimum atomic E-state index is -4.30. The first kappa shape index (κ1) is 20.8. The van der Waals surface area contributed by atoms with Crippen LogP contribution < -0.4 is 15.4 Å². The number of hydrogen-bond acceptors (Lipinski definition) is 7. The Labute approximate surface area is 174 Å². The molecule has 1 aromatic carbocycles. The molecule has 0 fully saturated rings. The van der Waals surface area contributed by atoms with Crippen LogP contribution in [-0.2, 0) is 16.6 Å². The van der Waals surface area contributed by atoms with Gasteiger partial charge in [0.15, 0.2) is 5.65 Å². The van der Waals surface area contributed by atoms with Gasteiger partial charge in [0, 0.05) is 17.0 Å². The summed E-state index contributed by atoms with van der Waals surface area (Å²) in [6.45, 7) is 1.67. The van der Waals surface area contributed by atoms with Crippen molar-refractivity contribution in [1.29, 1.82) is 0 Å². The summed E-state index contributed by atoms with van der Waals surface area (Å²) in [5.41, 5.74) is -0.304. The number of pyridine rings is 2. The van der Waals surface area contributed by atoms with E-state index in [2.05, 4.69) is 15.0 Å². The molecule has 0 aliphatic carbocycles. The molecular formula is C19H15F2N5O4S. The van der Waals surface area contributed by atoms with E-state index in [4.69, 9.17) is 9.88 Å². The normalized spacial score (nSPS) is 11.9. The van der Waals surface area contributed by atoms with Crippen LogP contribution in [0.4, 0.5) is 8.78 Å². The Morgan fingerprint density at radius 3 is 2.48 bits per heavy atom. The molecular weight excluding hydrogens is 432 g/mol. The summed E-state index contributed by atoms with van der Waals surface area (Å²) in [5.74, 6) is -1.98. The number of aromatic nitrogens is 4. The average molecular weight is 447 g/mol. The van der Waals surface area contributed by atoms with Crippen molar-refractivity contribution in [3.05, 3.63) is 64.2 Å². The SMILES string of the molecule is CCOc1ccc2c(ncc3ncc(=O)n(Cc4c(F)cc(S(N)(=O)=O)cc4F)c32)n1. The van der Waals surface area contributed by atoms with Crippen LogP contribution >= 0.6 is 0 Å². The van der Waals surface area contributed by atoms with E-state index in [9.17, 15) is 22.0 Å². The Balaban J connectivity index is 1.94. The standard InChI is InChI=1S/C19H15F2N5O4S/c1-2-30-16-4-3-11-18-15(7-24-19(11)25-16)23-8-17(27)26(18)9-12-13(20)5-10(6-14(12)21)31(22,28)29/h3-8H,2,9H2,1H3,(H2,22,28,29). The zero-order valence-electron chi connectivity index (χ0n) is 16.0. The van der Waals surface area contributed by atoms with Crippen LogP contribution in [0.3, 0.4) is 0 Å². The number of nitrogens with two attached hydrogens (primary N) is 1. The lowest BCUT2D eigenvalue weighted by Crippen LogP contribution is -2.23. The Bertz CT molecular complexity index is 1480. The van der Waals surface area contributed by atoms with Crippen molar-refractivity contribution in [1.82, 2.24) is 19.5 Å². The molecule has 31 heavy (non-hydrogen) atoms. The number of halogens is 2. The van der Waals surface area contributed by atoms with Gasteiger partial charge in [0.05, 0.1) is 36.0 Å². The molecule has 9 nitrogen and oxygen atoms in total. The number of nitrogens with zero attached hydrogens (tertiary/aromatic N) is 4. The third kappa shape index (κ3) is 3.82. The third-order valence-corrected chi connectivity index (χ3v) is 5.45. The summed E-state index contributed by atoms with van der Waals surface area (Å²) in [4.78, 5) is 24.4. The van der Waals surface area contributed by atoms with Crippen molar-refractivity contribution in [2.45, 2.75) is 18.4 Å². The second kappa shape index (κ2) is 7.63. The summed E-state index contributed by atoms with van der Waals surface area (Å²) in [7, 11) is -4.30. The Morgan fingerprint density at radius 1 is 1.13 bits per heavy atom. The Kier molecular flexibility index (Phi) is 5.11. The number of primary sulfonamides is 1. The molecule has 4 aromatic rings. The number of sulfonamides is 1. The first-order valence-corrected chi connectivity index (χ1v) is 10.5. The fourth-order valence-corrected chi connectivity index (χ4v) is 3.69. The minimum Gasteiger partial charge on any atom is -0.478 e. The molecule has 0 aliphatic heterocycles. The van der Waals surface area contributed by atoms with Crippen molar-refractivity contribution in [2.24, 2.45) is 5.14 Å². The molecule has 0 atom stereocenters. The topological polar surface area (TPSA) is 130 Å². The van der Waals surface area contributed by atoms with Gasteiger partial charge in [0.1, 0.15) is 17.2 Å². The van der Waals surface area contributed by atoms with Crippen LogP contribution in [0.1, 0.15) is 12.5 Å². The molecule has 2 N–H and O–H groups in total. The van der Waals surface area contributed by atoms with E-state index < -0.39 is 44.2 Å². The molecule has 160 valence electrons. The van der Waals surface area contributed by atoms with E-state index >= 15 is 0 Å². The maximum atomic E-state index is 14.6. The summed E-state index contributed by atoms with van der Waals surface area (Å²) < 4.78 is 58.5. The molecule has 3 heterocycles. The second-order valence-electron chi connectivity index (χ2n) is 6.54. The van der Waals surface area contributed by atoms with E-state index in [-0.39, 0.29) is 11.2 Å². The van der Waals surface area contributed by atoms with Gasteiger partial charge in [-0.05, 0) is 25.1 Å². The lowest BCUT2D eigenvalue weighted by molar-refractivity contribution is 0.328.